The van der Waals surface area contributed by atoms with Crippen LogP contribution in [0.1, 0.15) is 37.9 Å². The van der Waals surface area contributed by atoms with E-state index in [9.17, 15) is 4.79 Å². The molecule has 23 heavy (non-hydrogen) atoms. The minimum atomic E-state index is -0.204. The molecule has 0 unspecified atom stereocenters. The largest absolute Gasteiger partial charge is 0.493 e. The number of hydrogen-bond donors (Lipinski definition) is 2. The quantitative estimate of drug-likeness (QED) is 0.595. The number of hydrazone groups is 1. The number of aromatic amines is 1. The first-order chi connectivity index (χ1) is 11.0. The van der Waals surface area contributed by atoms with Crippen molar-refractivity contribution in [1.82, 2.24) is 9.97 Å². The highest BCUT2D eigenvalue weighted by atomic mass is 79.9. The van der Waals surface area contributed by atoms with Crippen LogP contribution < -0.4 is 15.7 Å². The molecule has 0 spiro atoms. The zero-order valence-corrected chi connectivity index (χ0v) is 14.8. The summed E-state index contributed by atoms with van der Waals surface area (Å²) in [5.41, 5.74) is 4.14. The Labute approximate surface area is 143 Å². The van der Waals surface area contributed by atoms with Gasteiger partial charge in [0.15, 0.2) is 0 Å². The van der Waals surface area contributed by atoms with Gasteiger partial charge in [0.1, 0.15) is 5.75 Å². The molecular formula is C16H19BrN4O2. The molecule has 0 fully saturated rings. The van der Waals surface area contributed by atoms with Crippen LogP contribution in [-0.2, 0) is 0 Å². The molecule has 1 aromatic heterocycles. The molecule has 0 aliphatic heterocycles. The minimum Gasteiger partial charge on any atom is -0.493 e. The average Bonchev–Trinajstić information content (AvgIpc) is 2.49. The predicted octanol–water partition coefficient (Wildman–Crippen LogP) is 3.50. The number of H-pyrrole nitrogens is 1. The van der Waals surface area contributed by atoms with Gasteiger partial charge in [-0.2, -0.15) is 5.10 Å². The molecule has 1 heterocycles. The summed E-state index contributed by atoms with van der Waals surface area (Å²) in [5, 5.41) is 4.10. The van der Waals surface area contributed by atoms with Crippen molar-refractivity contribution in [3.63, 3.8) is 0 Å². The number of nitrogens with one attached hydrogen (secondary N) is 2. The number of hydrogen-bond acceptors (Lipinski definition) is 5. The standard InChI is InChI=1S/C16H19BrN4O2/c1-4-23-14-6-5-11(7-12(14)17)9-18-21-16-19-13(10(2)3)8-15(22)20-16/h5-10H,4H2,1-3H3,(H2,19,20,21,22)/b18-9-. The van der Waals surface area contributed by atoms with E-state index < -0.39 is 0 Å². The molecule has 0 aliphatic carbocycles. The normalized spacial score (nSPS) is 11.2. The molecule has 2 rings (SSSR count). The Morgan fingerprint density at radius 1 is 1.43 bits per heavy atom. The highest BCUT2D eigenvalue weighted by Gasteiger charge is 2.04. The average molecular weight is 379 g/mol. The second-order valence-electron chi connectivity index (χ2n) is 5.17. The van der Waals surface area contributed by atoms with Gasteiger partial charge in [-0.3, -0.25) is 9.78 Å². The van der Waals surface area contributed by atoms with Crippen LogP contribution in [0.5, 0.6) is 5.75 Å². The monoisotopic (exact) mass is 378 g/mol. The van der Waals surface area contributed by atoms with Crippen molar-refractivity contribution in [1.29, 1.82) is 0 Å². The van der Waals surface area contributed by atoms with Gasteiger partial charge in [-0.25, -0.2) is 10.4 Å². The van der Waals surface area contributed by atoms with Crippen LogP contribution in [0, 0.1) is 0 Å². The fourth-order valence-corrected chi connectivity index (χ4v) is 2.37. The van der Waals surface area contributed by atoms with Crippen LogP contribution in [0.4, 0.5) is 5.95 Å². The third kappa shape index (κ3) is 4.92. The zero-order chi connectivity index (χ0) is 16.8. The molecule has 0 radical (unpaired) electrons. The Hall–Kier alpha value is -2.15. The van der Waals surface area contributed by atoms with Crippen molar-refractivity contribution in [2.24, 2.45) is 5.10 Å². The molecule has 0 atom stereocenters. The van der Waals surface area contributed by atoms with Gasteiger partial charge in [0.05, 0.1) is 23.0 Å². The van der Waals surface area contributed by atoms with Crippen LogP contribution in [0.25, 0.3) is 0 Å². The van der Waals surface area contributed by atoms with Crippen LogP contribution in [0.2, 0.25) is 0 Å². The third-order valence-electron chi connectivity index (χ3n) is 2.99. The SMILES string of the molecule is CCOc1ccc(/C=N\Nc2nc(C(C)C)cc(=O)[nH]2)cc1Br. The number of rotatable bonds is 6. The van der Waals surface area contributed by atoms with E-state index in [2.05, 4.69) is 36.4 Å². The fourth-order valence-electron chi connectivity index (χ4n) is 1.86. The lowest BCUT2D eigenvalue weighted by Crippen LogP contribution is -2.12. The first-order valence-corrected chi connectivity index (χ1v) is 8.11. The predicted molar refractivity (Wildman–Crippen MR) is 95.5 cm³/mol. The van der Waals surface area contributed by atoms with E-state index in [0.717, 1.165) is 21.5 Å². The summed E-state index contributed by atoms with van der Waals surface area (Å²) in [6, 6.07) is 7.15. The van der Waals surface area contributed by atoms with Gasteiger partial charge in [-0.05, 0) is 52.5 Å². The summed E-state index contributed by atoms with van der Waals surface area (Å²) in [5.74, 6) is 1.28. The maximum Gasteiger partial charge on any atom is 0.252 e. The number of halogens is 1. The minimum absolute atomic E-state index is 0.170. The van der Waals surface area contributed by atoms with Gasteiger partial charge in [0.25, 0.3) is 5.56 Å². The van der Waals surface area contributed by atoms with E-state index in [1.807, 2.05) is 39.0 Å². The van der Waals surface area contributed by atoms with Crippen LogP contribution in [-0.4, -0.2) is 22.8 Å². The summed E-state index contributed by atoms with van der Waals surface area (Å²) in [6.07, 6.45) is 1.64. The van der Waals surface area contributed by atoms with Crippen molar-refractivity contribution >= 4 is 28.1 Å². The lowest BCUT2D eigenvalue weighted by atomic mass is 10.1. The molecule has 0 bridgehead atoms. The molecular weight excluding hydrogens is 360 g/mol. The number of nitrogens with zero attached hydrogens (tertiary/aromatic N) is 2. The fraction of sp³-hybridized carbons (Fsp3) is 0.312. The lowest BCUT2D eigenvalue weighted by molar-refractivity contribution is 0.338. The Kier molecular flexibility index (Phi) is 5.92. The van der Waals surface area contributed by atoms with Crippen molar-refractivity contribution < 1.29 is 4.74 Å². The molecule has 122 valence electrons. The molecule has 0 saturated carbocycles. The van der Waals surface area contributed by atoms with Crippen molar-refractivity contribution in [3.05, 3.63) is 50.3 Å². The number of benzene rings is 1. The van der Waals surface area contributed by atoms with Crippen LogP contribution in [0.3, 0.4) is 0 Å². The van der Waals surface area contributed by atoms with E-state index >= 15 is 0 Å². The van der Waals surface area contributed by atoms with E-state index in [4.69, 9.17) is 4.74 Å². The topological polar surface area (TPSA) is 79.4 Å². The summed E-state index contributed by atoms with van der Waals surface area (Å²) >= 11 is 3.45. The summed E-state index contributed by atoms with van der Waals surface area (Å²) in [7, 11) is 0. The molecule has 2 N–H and O–H groups in total. The molecule has 6 nitrogen and oxygen atoms in total. The molecule has 0 aliphatic rings. The van der Waals surface area contributed by atoms with Crippen molar-refractivity contribution in [2.45, 2.75) is 26.7 Å². The first-order valence-electron chi connectivity index (χ1n) is 7.32. The third-order valence-corrected chi connectivity index (χ3v) is 3.61. The van der Waals surface area contributed by atoms with Crippen molar-refractivity contribution in [3.8, 4) is 5.75 Å². The Bertz CT molecular complexity index is 756. The second kappa shape index (κ2) is 7.92. The summed E-state index contributed by atoms with van der Waals surface area (Å²) in [6.45, 7) is 6.50. The van der Waals surface area contributed by atoms with Gasteiger partial charge < -0.3 is 4.74 Å². The number of aromatic nitrogens is 2. The maximum absolute atomic E-state index is 11.6. The van der Waals surface area contributed by atoms with Crippen molar-refractivity contribution in [2.75, 3.05) is 12.0 Å². The van der Waals surface area contributed by atoms with E-state index in [1.54, 1.807) is 6.21 Å². The van der Waals surface area contributed by atoms with Gasteiger partial charge in [0.2, 0.25) is 5.95 Å². The van der Waals surface area contributed by atoms with Gasteiger partial charge in [-0.15, -0.1) is 0 Å². The zero-order valence-electron chi connectivity index (χ0n) is 13.3. The van der Waals surface area contributed by atoms with Crippen LogP contribution in [0.15, 0.2) is 38.6 Å². The first kappa shape index (κ1) is 17.2. The highest BCUT2D eigenvalue weighted by molar-refractivity contribution is 9.10. The van der Waals surface area contributed by atoms with Gasteiger partial charge in [-0.1, -0.05) is 13.8 Å². The Balaban J connectivity index is 2.10. The van der Waals surface area contributed by atoms with Gasteiger partial charge >= 0.3 is 0 Å². The molecule has 2 aromatic rings. The van der Waals surface area contributed by atoms with E-state index in [-0.39, 0.29) is 11.5 Å². The number of anilines is 1. The second-order valence-corrected chi connectivity index (χ2v) is 6.02. The molecule has 0 saturated heterocycles. The number of ether oxygens (including phenoxy) is 1. The molecule has 0 amide bonds. The van der Waals surface area contributed by atoms with Crippen LogP contribution >= 0.6 is 15.9 Å². The lowest BCUT2D eigenvalue weighted by Gasteiger charge is -2.06. The maximum atomic E-state index is 11.6. The molecule has 7 heteroatoms. The summed E-state index contributed by atoms with van der Waals surface area (Å²) < 4.78 is 6.32. The van der Waals surface area contributed by atoms with Gasteiger partial charge in [0, 0.05) is 6.07 Å². The Morgan fingerprint density at radius 3 is 2.87 bits per heavy atom. The smallest absolute Gasteiger partial charge is 0.252 e. The Morgan fingerprint density at radius 2 is 2.22 bits per heavy atom. The molecule has 1 aromatic carbocycles. The van der Waals surface area contributed by atoms with E-state index in [0.29, 0.717) is 12.6 Å². The highest BCUT2D eigenvalue weighted by Crippen LogP contribution is 2.25. The van der Waals surface area contributed by atoms with E-state index in [1.165, 1.54) is 6.07 Å². The summed E-state index contributed by atoms with van der Waals surface area (Å²) in [4.78, 5) is 18.5.